The zero-order chi connectivity index (χ0) is 23.8. The number of aryl methyl sites for hydroxylation is 1. The summed E-state index contributed by atoms with van der Waals surface area (Å²) in [5, 5.41) is 1.43. The summed E-state index contributed by atoms with van der Waals surface area (Å²) in [6, 6.07) is 6.01. The van der Waals surface area contributed by atoms with Crippen LogP contribution in [0.5, 0.6) is 5.88 Å². The maximum Gasteiger partial charge on any atom is 0.274 e. The minimum atomic E-state index is -0.883. The summed E-state index contributed by atoms with van der Waals surface area (Å²) in [5.41, 5.74) is 2.62. The molecule has 3 heterocycles. The van der Waals surface area contributed by atoms with Crippen LogP contribution in [0.25, 0.3) is 21.3 Å². The molecule has 0 saturated heterocycles. The number of carbonyl (C=O) groups excluding carboxylic acids is 1. The highest BCUT2D eigenvalue weighted by atomic mass is 32.1. The fraction of sp³-hybridized carbons (Fsp3) is 0.320. The van der Waals surface area contributed by atoms with E-state index in [-0.39, 0.29) is 5.91 Å². The SMILES string of the molecule is COc1ccc(-c2sc(C)nc2C(=O)N(CCc2c[nH]c3cc(F)c(F)cc23)CC2CC2)cn1. The Morgan fingerprint density at radius 3 is 2.76 bits per heavy atom. The molecule has 3 aromatic heterocycles. The Labute approximate surface area is 199 Å². The maximum atomic E-state index is 13.8. The van der Waals surface area contributed by atoms with Crippen molar-refractivity contribution in [1.82, 2.24) is 19.9 Å². The summed E-state index contributed by atoms with van der Waals surface area (Å²) in [7, 11) is 1.56. The number of hydrogen-bond donors (Lipinski definition) is 1. The fourth-order valence-corrected chi connectivity index (χ4v) is 4.98. The molecule has 5 rings (SSSR count). The van der Waals surface area contributed by atoms with E-state index in [1.807, 2.05) is 17.9 Å². The second-order valence-corrected chi connectivity index (χ2v) is 9.77. The number of thiazole rings is 1. The number of rotatable bonds is 8. The van der Waals surface area contributed by atoms with Gasteiger partial charge in [0.05, 0.1) is 17.0 Å². The Hall–Kier alpha value is -3.33. The standard InChI is InChI=1S/C25H24F2N4O2S/c1-14-30-23(24(34-14)17-5-6-22(33-2)29-12-17)25(32)31(13-15-3-4-15)8-7-16-11-28-21-10-20(27)19(26)9-18(16)21/h5-6,9-12,15,28H,3-4,7-8,13H2,1-2H3. The third-order valence-electron chi connectivity index (χ3n) is 6.07. The van der Waals surface area contributed by atoms with Gasteiger partial charge in [-0.05, 0) is 49.8 Å². The van der Waals surface area contributed by atoms with Gasteiger partial charge in [0.1, 0.15) is 5.69 Å². The topological polar surface area (TPSA) is 71.1 Å². The molecule has 1 amide bonds. The monoisotopic (exact) mass is 482 g/mol. The third-order valence-corrected chi connectivity index (χ3v) is 7.09. The van der Waals surface area contributed by atoms with Crippen LogP contribution in [0.1, 0.15) is 33.9 Å². The first-order chi connectivity index (χ1) is 16.4. The lowest BCUT2D eigenvalue weighted by molar-refractivity contribution is 0.0745. The summed E-state index contributed by atoms with van der Waals surface area (Å²) in [6.45, 7) is 2.99. The number of fused-ring (bicyclic) bond motifs is 1. The van der Waals surface area contributed by atoms with Crippen LogP contribution in [0.4, 0.5) is 8.78 Å². The van der Waals surface area contributed by atoms with Crippen LogP contribution in [0.15, 0.2) is 36.7 Å². The third kappa shape index (κ3) is 4.52. The maximum absolute atomic E-state index is 13.8. The van der Waals surface area contributed by atoms with Gasteiger partial charge in [-0.3, -0.25) is 4.79 Å². The summed E-state index contributed by atoms with van der Waals surface area (Å²) in [6.07, 6.45) is 6.17. The van der Waals surface area contributed by atoms with Crippen molar-refractivity contribution in [3.05, 3.63) is 64.6 Å². The normalized spacial score (nSPS) is 13.4. The van der Waals surface area contributed by atoms with Crippen molar-refractivity contribution in [2.45, 2.75) is 26.2 Å². The van der Waals surface area contributed by atoms with E-state index < -0.39 is 11.6 Å². The second-order valence-electron chi connectivity index (χ2n) is 8.57. The van der Waals surface area contributed by atoms with Crippen molar-refractivity contribution < 1.29 is 18.3 Å². The predicted octanol–water partition coefficient (Wildman–Crippen LogP) is 5.38. The van der Waals surface area contributed by atoms with Crippen molar-refractivity contribution >= 4 is 28.1 Å². The number of benzene rings is 1. The van der Waals surface area contributed by atoms with E-state index in [1.54, 1.807) is 25.6 Å². The van der Waals surface area contributed by atoms with Crippen LogP contribution in [0, 0.1) is 24.5 Å². The first kappa shape index (κ1) is 22.5. The quantitative estimate of drug-likeness (QED) is 0.366. The van der Waals surface area contributed by atoms with Crippen molar-refractivity contribution in [3.63, 3.8) is 0 Å². The Morgan fingerprint density at radius 1 is 1.26 bits per heavy atom. The van der Waals surface area contributed by atoms with Crippen LogP contribution in [0.2, 0.25) is 0 Å². The first-order valence-electron chi connectivity index (χ1n) is 11.1. The van der Waals surface area contributed by atoms with E-state index in [0.29, 0.717) is 47.9 Å². The summed E-state index contributed by atoms with van der Waals surface area (Å²) < 4.78 is 32.5. The molecular formula is C25H24F2N4O2S. The average molecular weight is 483 g/mol. The molecule has 0 aliphatic heterocycles. The van der Waals surface area contributed by atoms with E-state index in [0.717, 1.165) is 39.9 Å². The van der Waals surface area contributed by atoms with Gasteiger partial charge in [0, 0.05) is 54.1 Å². The summed E-state index contributed by atoms with van der Waals surface area (Å²) in [5.74, 6) is -0.896. The number of H-pyrrole nitrogens is 1. The molecule has 0 radical (unpaired) electrons. The molecule has 4 aromatic rings. The molecule has 1 aliphatic carbocycles. The minimum Gasteiger partial charge on any atom is -0.481 e. The highest BCUT2D eigenvalue weighted by Gasteiger charge is 2.30. The molecule has 1 fully saturated rings. The molecule has 1 aromatic carbocycles. The zero-order valence-corrected chi connectivity index (χ0v) is 19.7. The molecule has 6 nitrogen and oxygen atoms in total. The van der Waals surface area contributed by atoms with Crippen LogP contribution in [-0.2, 0) is 6.42 Å². The zero-order valence-electron chi connectivity index (χ0n) is 18.9. The van der Waals surface area contributed by atoms with Gasteiger partial charge in [-0.2, -0.15) is 0 Å². The largest absolute Gasteiger partial charge is 0.481 e. The number of carbonyl (C=O) groups is 1. The van der Waals surface area contributed by atoms with Crippen molar-refractivity contribution in [2.75, 3.05) is 20.2 Å². The lowest BCUT2D eigenvalue weighted by atomic mass is 10.1. The van der Waals surface area contributed by atoms with Gasteiger partial charge in [0.2, 0.25) is 5.88 Å². The number of aromatic amines is 1. The number of amides is 1. The number of pyridine rings is 1. The molecule has 0 atom stereocenters. The van der Waals surface area contributed by atoms with Gasteiger partial charge in [-0.15, -0.1) is 11.3 Å². The molecule has 1 saturated carbocycles. The van der Waals surface area contributed by atoms with E-state index >= 15 is 0 Å². The number of halogens is 2. The molecule has 0 bridgehead atoms. The minimum absolute atomic E-state index is 0.126. The predicted molar refractivity (Wildman–Crippen MR) is 127 cm³/mol. The number of methoxy groups -OCH3 is 1. The highest BCUT2D eigenvalue weighted by Crippen LogP contribution is 2.34. The molecule has 1 N–H and O–H groups in total. The molecule has 0 unspecified atom stereocenters. The fourth-order valence-electron chi connectivity index (χ4n) is 4.08. The number of ether oxygens (including phenoxy) is 1. The van der Waals surface area contributed by atoms with Gasteiger partial charge in [-0.25, -0.2) is 18.7 Å². The van der Waals surface area contributed by atoms with Gasteiger partial charge < -0.3 is 14.6 Å². The van der Waals surface area contributed by atoms with Crippen LogP contribution in [-0.4, -0.2) is 46.0 Å². The molecule has 1 aliphatic rings. The van der Waals surface area contributed by atoms with Crippen molar-refractivity contribution in [1.29, 1.82) is 0 Å². The summed E-state index contributed by atoms with van der Waals surface area (Å²) in [4.78, 5) is 28.1. The Bertz CT molecular complexity index is 1350. The van der Waals surface area contributed by atoms with E-state index in [4.69, 9.17) is 4.74 Å². The lowest BCUT2D eigenvalue weighted by Gasteiger charge is -2.22. The van der Waals surface area contributed by atoms with Crippen LogP contribution < -0.4 is 4.74 Å². The Balaban J connectivity index is 1.41. The second kappa shape index (κ2) is 9.13. The lowest BCUT2D eigenvalue weighted by Crippen LogP contribution is -2.35. The number of nitrogens with one attached hydrogen (secondary N) is 1. The molecule has 176 valence electrons. The summed E-state index contributed by atoms with van der Waals surface area (Å²) >= 11 is 1.46. The number of aromatic nitrogens is 3. The smallest absolute Gasteiger partial charge is 0.274 e. The van der Waals surface area contributed by atoms with Crippen molar-refractivity contribution in [2.24, 2.45) is 5.92 Å². The molecular weight excluding hydrogens is 458 g/mol. The van der Waals surface area contributed by atoms with E-state index in [2.05, 4.69) is 15.0 Å². The van der Waals surface area contributed by atoms with E-state index in [1.165, 1.54) is 17.4 Å². The average Bonchev–Trinajstić information content (AvgIpc) is 3.46. The Morgan fingerprint density at radius 2 is 2.06 bits per heavy atom. The Kier molecular flexibility index (Phi) is 6.03. The van der Waals surface area contributed by atoms with Crippen LogP contribution >= 0.6 is 11.3 Å². The van der Waals surface area contributed by atoms with Crippen LogP contribution in [0.3, 0.4) is 0 Å². The van der Waals surface area contributed by atoms with E-state index in [9.17, 15) is 13.6 Å². The number of hydrogen-bond acceptors (Lipinski definition) is 5. The van der Waals surface area contributed by atoms with Gasteiger partial charge in [0.25, 0.3) is 5.91 Å². The highest BCUT2D eigenvalue weighted by molar-refractivity contribution is 7.15. The molecule has 0 spiro atoms. The van der Waals surface area contributed by atoms with Gasteiger partial charge in [0.15, 0.2) is 11.6 Å². The van der Waals surface area contributed by atoms with Gasteiger partial charge in [-0.1, -0.05) is 0 Å². The number of nitrogens with zero attached hydrogens (tertiary/aromatic N) is 3. The molecule has 9 heteroatoms. The molecule has 34 heavy (non-hydrogen) atoms. The first-order valence-corrected chi connectivity index (χ1v) is 12.0. The van der Waals surface area contributed by atoms with Gasteiger partial charge >= 0.3 is 0 Å². The van der Waals surface area contributed by atoms with Crippen molar-refractivity contribution in [3.8, 4) is 16.3 Å².